The van der Waals surface area contributed by atoms with Gasteiger partial charge in [-0.3, -0.25) is 9.59 Å². The second-order valence-corrected chi connectivity index (χ2v) is 7.05. The van der Waals surface area contributed by atoms with Gasteiger partial charge >= 0.3 is 0 Å². The number of hydrogen-bond acceptors (Lipinski definition) is 4. The minimum atomic E-state index is -2.56. The molecule has 1 heterocycles. The van der Waals surface area contributed by atoms with Gasteiger partial charge in [-0.25, -0.2) is 13.8 Å². The molecule has 2 amide bonds. The maximum Gasteiger partial charge on any atom is 0.272 e. The number of anilines is 1. The highest BCUT2D eigenvalue weighted by molar-refractivity contribution is 5.97. The number of carbonyl (C=O) groups is 2. The highest BCUT2D eigenvalue weighted by Gasteiger charge is 2.15. The minimum Gasteiger partial charge on any atom is -0.488 e. The first kappa shape index (κ1) is 22.3. The third-order valence-electron chi connectivity index (χ3n) is 4.09. The van der Waals surface area contributed by atoms with Crippen LogP contribution in [-0.2, 0) is 4.79 Å². The minimum absolute atomic E-state index is 0.195. The summed E-state index contributed by atoms with van der Waals surface area (Å²) in [5.74, 6) is -0.139. The van der Waals surface area contributed by atoms with Crippen molar-refractivity contribution in [3.8, 4) is 5.75 Å². The fourth-order valence-electron chi connectivity index (χ4n) is 2.54. The quantitative estimate of drug-likeness (QED) is 0.692. The van der Waals surface area contributed by atoms with Crippen LogP contribution in [0.3, 0.4) is 0 Å². The van der Waals surface area contributed by atoms with Gasteiger partial charge in [0.15, 0.2) is 0 Å². The van der Waals surface area contributed by atoms with Crippen molar-refractivity contribution in [1.29, 1.82) is 0 Å². The lowest BCUT2D eigenvalue weighted by atomic mass is 10.0. The lowest BCUT2D eigenvalue weighted by Crippen LogP contribution is -2.27. The fraction of sp³-hybridized carbons (Fsp3) is 0.381. The van der Waals surface area contributed by atoms with E-state index >= 15 is 0 Å². The van der Waals surface area contributed by atoms with Crippen LogP contribution in [0.1, 0.15) is 48.3 Å². The summed E-state index contributed by atoms with van der Waals surface area (Å²) in [6.07, 6.45) is -1.12. The van der Waals surface area contributed by atoms with Crippen molar-refractivity contribution in [3.63, 3.8) is 0 Å². The van der Waals surface area contributed by atoms with Crippen molar-refractivity contribution in [2.75, 3.05) is 11.9 Å². The summed E-state index contributed by atoms with van der Waals surface area (Å²) in [7, 11) is 0. The molecule has 2 N–H and O–H groups in total. The average molecular weight is 405 g/mol. The molecule has 6 nitrogen and oxygen atoms in total. The van der Waals surface area contributed by atoms with Crippen LogP contribution in [0.4, 0.5) is 14.6 Å². The van der Waals surface area contributed by atoms with Crippen molar-refractivity contribution in [1.82, 2.24) is 10.3 Å². The Morgan fingerprint density at radius 2 is 1.86 bits per heavy atom. The molecule has 0 bridgehead atoms. The molecule has 0 aliphatic heterocycles. The summed E-state index contributed by atoms with van der Waals surface area (Å²) in [4.78, 5) is 28.5. The van der Waals surface area contributed by atoms with Gasteiger partial charge in [0, 0.05) is 17.7 Å². The second-order valence-electron chi connectivity index (χ2n) is 7.05. The normalized spacial score (nSPS) is 12.0. The molecule has 1 unspecified atom stereocenters. The zero-order valence-electron chi connectivity index (χ0n) is 16.8. The van der Waals surface area contributed by atoms with Crippen LogP contribution in [0.5, 0.6) is 5.75 Å². The Labute approximate surface area is 168 Å². The van der Waals surface area contributed by atoms with Crippen LogP contribution in [0, 0.1) is 12.8 Å². The number of hydrogen-bond donors (Lipinski definition) is 2. The van der Waals surface area contributed by atoms with E-state index in [2.05, 4.69) is 15.6 Å². The lowest BCUT2D eigenvalue weighted by molar-refractivity contribution is -0.118. The SMILES string of the molecule is Cc1cc(OCC(F)F)cc(C(C)NC(=O)c2ccnc(NC(=O)C(C)C)c2)c1. The summed E-state index contributed by atoms with van der Waals surface area (Å²) in [6.45, 7) is 6.43. The Kier molecular flexibility index (Phi) is 7.64. The van der Waals surface area contributed by atoms with Gasteiger partial charge in [-0.05, 0) is 49.2 Å². The fourth-order valence-corrected chi connectivity index (χ4v) is 2.54. The van der Waals surface area contributed by atoms with Crippen LogP contribution < -0.4 is 15.4 Å². The van der Waals surface area contributed by atoms with Gasteiger partial charge in [0.25, 0.3) is 12.3 Å². The van der Waals surface area contributed by atoms with Crippen LogP contribution in [0.2, 0.25) is 0 Å². The predicted octanol–water partition coefficient (Wildman–Crippen LogP) is 4.12. The van der Waals surface area contributed by atoms with Crippen molar-refractivity contribution in [2.45, 2.75) is 40.2 Å². The van der Waals surface area contributed by atoms with E-state index < -0.39 is 19.1 Å². The predicted molar refractivity (Wildman–Crippen MR) is 106 cm³/mol. The van der Waals surface area contributed by atoms with Gasteiger partial charge in [0.1, 0.15) is 18.2 Å². The molecule has 0 saturated carbocycles. The highest BCUT2D eigenvalue weighted by Crippen LogP contribution is 2.23. The average Bonchev–Trinajstić information content (AvgIpc) is 2.66. The van der Waals surface area contributed by atoms with Gasteiger partial charge in [0.05, 0.1) is 6.04 Å². The Morgan fingerprint density at radius 3 is 2.52 bits per heavy atom. The van der Waals surface area contributed by atoms with Gasteiger partial charge < -0.3 is 15.4 Å². The Morgan fingerprint density at radius 1 is 1.14 bits per heavy atom. The molecule has 0 saturated heterocycles. The monoisotopic (exact) mass is 405 g/mol. The molecule has 1 atom stereocenters. The third kappa shape index (κ3) is 6.81. The number of benzene rings is 1. The van der Waals surface area contributed by atoms with E-state index in [1.165, 1.54) is 12.3 Å². The van der Waals surface area contributed by atoms with E-state index in [9.17, 15) is 18.4 Å². The second kappa shape index (κ2) is 9.95. The number of amides is 2. The summed E-state index contributed by atoms with van der Waals surface area (Å²) >= 11 is 0. The van der Waals surface area contributed by atoms with E-state index in [1.807, 2.05) is 13.0 Å². The maximum atomic E-state index is 12.6. The highest BCUT2D eigenvalue weighted by atomic mass is 19.3. The summed E-state index contributed by atoms with van der Waals surface area (Å²) in [6, 6.07) is 7.78. The molecule has 1 aromatic heterocycles. The number of carbonyl (C=O) groups excluding carboxylic acids is 2. The molecular weight excluding hydrogens is 380 g/mol. The van der Waals surface area contributed by atoms with Gasteiger partial charge in [-0.1, -0.05) is 19.9 Å². The van der Waals surface area contributed by atoms with Crippen LogP contribution in [-0.4, -0.2) is 29.8 Å². The number of nitrogens with one attached hydrogen (secondary N) is 2. The Hall–Kier alpha value is -3.03. The number of rotatable bonds is 8. The molecule has 29 heavy (non-hydrogen) atoms. The molecule has 0 aliphatic carbocycles. The molecule has 8 heteroatoms. The number of alkyl halides is 2. The Bertz CT molecular complexity index is 872. The summed E-state index contributed by atoms with van der Waals surface area (Å²) < 4.78 is 29.9. The smallest absolute Gasteiger partial charge is 0.272 e. The molecule has 2 rings (SSSR count). The molecule has 0 spiro atoms. The Balaban J connectivity index is 2.10. The van der Waals surface area contributed by atoms with Crippen molar-refractivity contribution >= 4 is 17.6 Å². The summed E-state index contributed by atoms with van der Waals surface area (Å²) in [5, 5.41) is 5.50. The molecule has 0 radical (unpaired) electrons. The standard InChI is InChI=1S/C21H25F2N3O3/c1-12(2)20(27)26-19-10-15(5-6-24-19)21(28)25-14(4)16-7-13(3)8-17(9-16)29-11-18(22)23/h5-10,12,14,18H,11H2,1-4H3,(H,25,28)(H,24,26,27). The zero-order chi connectivity index (χ0) is 21.6. The largest absolute Gasteiger partial charge is 0.488 e. The van der Waals surface area contributed by atoms with Gasteiger partial charge in [-0.15, -0.1) is 0 Å². The molecule has 156 valence electrons. The number of halogens is 2. The number of aromatic nitrogens is 1. The molecule has 0 aliphatic rings. The van der Waals surface area contributed by atoms with Crippen molar-refractivity contribution in [3.05, 3.63) is 53.2 Å². The lowest BCUT2D eigenvalue weighted by Gasteiger charge is -2.17. The topological polar surface area (TPSA) is 80.3 Å². The van der Waals surface area contributed by atoms with Crippen molar-refractivity contribution < 1.29 is 23.1 Å². The summed E-state index contributed by atoms with van der Waals surface area (Å²) in [5.41, 5.74) is 1.90. The van der Waals surface area contributed by atoms with Crippen LogP contribution >= 0.6 is 0 Å². The first-order chi connectivity index (χ1) is 13.7. The number of aryl methyl sites for hydroxylation is 1. The number of nitrogens with zero attached hydrogens (tertiary/aromatic N) is 1. The van der Waals surface area contributed by atoms with Crippen LogP contribution in [0.25, 0.3) is 0 Å². The van der Waals surface area contributed by atoms with E-state index in [1.54, 1.807) is 39.0 Å². The zero-order valence-corrected chi connectivity index (χ0v) is 16.8. The number of ether oxygens (including phenoxy) is 1. The van der Waals surface area contributed by atoms with Crippen LogP contribution in [0.15, 0.2) is 36.5 Å². The third-order valence-corrected chi connectivity index (χ3v) is 4.09. The first-order valence-electron chi connectivity index (χ1n) is 9.26. The van der Waals surface area contributed by atoms with E-state index in [4.69, 9.17) is 4.74 Å². The molecule has 2 aromatic rings. The molecule has 1 aromatic carbocycles. The number of pyridine rings is 1. The van der Waals surface area contributed by atoms with Gasteiger partial charge in [-0.2, -0.15) is 0 Å². The van der Waals surface area contributed by atoms with Gasteiger partial charge in [0.2, 0.25) is 5.91 Å². The molecular formula is C21H25F2N3O3. The first-order valence-corrected chi connectivity index (χ1v) is 9.26. The van der Waals surface area contributed by atoms with E-state index in [0.29, 0.717) is 17.1 Å². The maximum absolute atomic E-state index is 12.6. The molecule has 0 fully saturated rings. The van der Waals surface area contributed by atoms with E-state index in [0.717, 1.165) is 11.1 Å². The van der Waals surface area contributed by atoms with E-state index in [-0.39, 0.29) is 17.7 Å². The van der Waals surface area contributed by atoms with Crippen molar-refractivity contribution in [2.24, 2.45) is 5.92 Å².